The van der Waals surface area contributed by atoms with Crippen molar-refractivity contribution in [3.05, 3.63) is 59.2 Å². The molecule has 0 radical (unpaired) electrons. The van der Waals surface area contributed by atoms with Gasteiger partial charge in [0.25, 0.3) is 11.8 Å². The van der Waals surface area contributed by atoms with Crippen LogP contribution in [0.25, 0.3) is 0 Å². The van der Waals surface area contributed by atoms with E-state index in [2.05, 4.69) is 15.5 Å². The van der Waals surface area contributed by atoms with E-state index in [1.54, 1.807) is 12.1 Å². The standard InChI is InChI=1S/C23H29N3O4/c1-4-29-20-8-6-5-7-18(20)14-24-22(27)17-10-9-16(2)19(13-17)25-23(28)21-15-26(3)11-12-30-21/h5-10,13,21H,4,11-12,14-15H2,1-3H3,(H,24,27)(H,25,28). The summed E-state index contributed by atoms with van der Waals surface area (Å²) < 4.78 is 11.2. The Kier molecular flexibility index (Phi) is 7.43. The number of carbonyl (C=O) groups is 2. The zero-order valence-electron chi connectivity index (χ0n) is 17.7. The normalized spacial score (nSPS) is 16.7. The van der Waals surface area contributed by atoms with E-state index in [1.807, 2.05) is 51.2 Å². The highest BCUT2D eigenvalue weighted by Crippen LogP contribution is 2.20. The Morgan fingerprint density at radius 3 is 2.80 bits per heavy atom. The summed E-state index contributed by atoms with van der Waals surface area (Å²) in [6, 6.07) is 12.9. The molecule has 30 heavy (non-hydrogen) atoms. The van der Waals surface area contributed by atoms with Crippen molar-refractivity contribution < 1.29 is 19.1 Å². The number of nitrogens with one attached hydrogen (secondary N) is 2. The number of likely N-dealkylation sites (N-methyl/N-ethyl adjacent to an activating group) is 1. The van der Waals surface area contributed by atoms with Crippen LogP contribution in [-0.4, -0.2) is 56.2 Å². The Morgan fingerprint density at radius 2 is 2.03 bits per heavy atom. The van der Waals surface area contributed by atoms with Crippen LogP contribution in [0.3, 0.4) is 0 Å². The van der Waals surface area contributed by atoms with Crippen LogP contribution < -0.4 is 15.4 Å². The highest BCUT2D eigenvalue weighted by atomic mass is 16.5. The van der Waals surface area contributed by atoms with Crippen molar-refractivity contribution in [3.63, 3.8) is 0 Å². The predicted octanol–water partition coefficient (Wildman–Crippen LogP) is 2.59. The van der Waals surface area contributed by atoms with Gasteiger partial charge in [-0.15, -0.1) is 0 Å². The quantitative estimate of drug-likeness (QED) is 0.732. The molecule has 7 nitrogen and oxygen atoms in total. The molecular weight excluding hydrogens is 382 g/mol. The molecule has 160 valence electrons. The average molecular weight is 412 g/mol. The number of rotatable bonds is 7. The van der Waals surface area contributed by atoms with E-state index in [0.29, 0.717) is 37.6 Å². The second kappa shape index (κ2) is 10.2. The van der Waals surface area contributed by atoms with Gasteiger partial charge in [-0.25, -0.2) is 0 Å². The van der Waals surface area contributed by atoms with Gasteiger partial charge in [-0.05, 0) is 44.7 Å². The van der Waals surface area contributed by atoms with E-state index in [1.165, 1.54) is 0 Å². The first-order chi connectivity index (χ1) is 14.5. The van der Waals surface area contributed by atoms with Crippen LogP contribution >= 0.6 is 0 Å². The van der Waals surface area contributed by atoms with E-state index >= 15 is 0 Å². The number of hydrogen-bond donors (Lipinski definition) is 2. The lowest BCUT2D eigenvalue weighted by Gasteiger charge is -2.29. The smallest absolute Gasteiger partial charge is 0.254 e. The molecule has 3 rings (SSSR count). The van der Waals surface area contributed by atoms with Crippen molar-refractivity contribution in [3.8, 4) is 5.75 Å². The molecule has 1 fully saturated rings. The van der Waals surface area contributed by atoms with Crippen LogP contribution in [0, 0.1) is 6.92 Å². The van der Waals surface area contributed by atoms with Gasteiger partial charge in [0.05, 0.1) is 13.2 Å². The highest BCUT2D eigenvalue weighted by Gasteiger charge is 2.25. The Labute approximate surface area is 177 Å². The van der Waals surface area contributed by atoms with Crippen LogP contribution in [0.2, 0.25) is 0 Å². The first-order valence-electron chi connectivity index (χ1n) is 10.2. The number of ether oxygens (including phenoxy) is 2. The van der Waals surface area contributed by atoms with Crippen LogP contribution in [0.5, 0.6) is 5.75 Å². The molecule has 2 N–H and O–H groups in total. The van der Waals surface area contributed by atoms with Gasteiger partial charge in [0, 0.05) is 36.4 Å². The summed E-state index contributed by atoms with van der Waals surface area (Å²) in [4.78, 5) is 27.3. The Hall–Kier alpha value is -2.90. The zero-order valence-corrected chi connectivity index (χ0v) is 17.7. The summed E-state index contributed by atoms with van der Waals surface area (Å²) in [5.41, 5.74) is 2.88. The molecule has 0 aromatic heterocycles. The van der Waals surface area contributed by atoms with E-state index in [0.717, 1.165) is 23.4 Å². The summed E-state index contributed by atoms with van der Waals surface area (Å²) in [7, 11) is 1.96. The van der Waals surface area contributed by atoms with E-state index in [4.69, 9.17) is 9.47 Å². The number of hydrogen-bond acceptors (Lipinski definition) is 5. The number of nitrogens with zero attached hydrogens (tertiary/aromatic N) is 1. The topological polar surface area (TPSA) is 79.9 Å². The number of aryl methyl sites for hydroxylation is 1. The van der Waals surface area contributed by atoms with Gasteiger partial charge < -0.3 is 25.0 Å². The zero-order chi connectivity index (χ0) is 21.5. The molecule has 0 saturated carbocycles. The molecule has 1 heterocycles. The maximum Gasteiger partial charge on any atom is 0.254 e. The molecule has 0 bridgehead atoms. The van der Waals surface area contributed by atoms with Crippen LogP contribution in [0.4, 0.5) is 5.69 Å². The third-order valence-corrected chi connectivity index (χ3v) is 5.03. The molecule has 1 aliphatic heterocycles. The van der Waals surface area contributed by atoms with Crippen molar-refractivity contribution in [1.29, 1.82) is 0 Å². The minimum absolute atomic E-state index is 0.201. The Morgan fingerprint density at radius 1 is 1.23 bits per heavy atom. The van der Waals surface area contributed by atoms with Gasteiger partial charge in [-0.3, -0.25) is 9.59 Å². The van der Waals surface area contributed by atoms with Crippen molar-refractivity contribution >= 4 is 17.5 Å². The van der Waals surface area contributed by atoms with E-state index < -0.39 is 6.10 Å². The van der Waals surface area contributed by atoms with Crippen molar-refractivity contribution in [1.82, 2.24) is 10.2 Å². The van der Waals surface area contributed by atoms with Crippen molar-refractivity contribution in [2.75, 3.05) is 38.7 Å². The van der Waals surface area contributed by atoms with Crippen LogP contribution in [-0.2, 0) is 16.1 Å². The van der Waals surface area contributed by atoms with Gasteiger partial charge >= 0.3 is 0 Å². The molecule has 7 heteroatoms. The lowest BCUT2D eigenvalue weighted by molar-refractivity contribution is -0.132. The fourth-order valence-electron chi connectivity index (χ4n) is 3.27. The Balaban J connectivity index is 1.65. The average Bonchev–Trinajstić information content (AvgIpc) is 2.74. The number of para-hydroxylation sites is 1. The molecule has 1 unspecified atom stereocenters. The third kappa shape index (κ3) is 5.58. The van der Waals surface area contributed by atoms with Gasteiger partial charge in [0.1, 0.15) is 11.9 Å². The minimum atomic E-state index is -0.518. The molecule has 1 saturated heterocycles. The maximum absolute atomic E-state index is 12.7. The molecule has 0 spiro atoms. The summed E-state index contributed by atoms with van der Waals surface area (Å²) in [6.45, 7) is 6.62. The second-order valence-electron chi connectivity index (χ2n) is 7.36. The number of amides is 2. The van der Waals surface area contributed by atoms with Gasteiger partial charge in [-0.2, -0.15) is 0 Å². The number of morpholine rings is 1. The van der Waals surface area contributed by atoms with Crippen molar-refractivity contribution in [2.45, 2.75) is 26.5 Å². The summed E-state index contributed by atoms with van der Waals surface area (Å²) in [6.07, 6.45) is -0.518. The molecule has 1 atom stereocenters. The van der Waals surface area contributed by atoms with Crippen LogP contribution in [0.15, 0.2) is 42.5 Å². The van der Waals surface area contributed by atoms with Gasteiger partial charge in [0.15, 0.2) is 0 Å². The minimum Gasteiger partial charge on any atom is -0.494 e. The SMILES string of the molecule is CCOc1ccccc1CNC(=O)c1ccc(C)c(NC(=O)C2CN(C)CCO2)c1. The van der Waals surface area contributed by atoms with Crippen LogP contribution in [0.1, 0.15) is 28.4 Å². The number of carbonyl (C=O) groups excluding carboxylic acids is 2. The second-order valence-corrected chi connectivity index (χ2v) is 7.36. The van der Waals surface area contributed by atoms with E-state index in [9.17, 15) is 9.59 Å². The lowest BCUT2D eigenvalue weighted by Crippen LogP contribution is -2.46. The molecule has 2 aromatic rings. The van der Waals surface area contributed by atoms with Gasteiger partial charge in [-0.1, -0.05) is 24.3 Å². The number of benzene rings is 2. The predicted molar refractivity (Wildman–Crippen MR) is 116 cm³/mol. The highest BCUT2D eigenvalue weighted by molar-refractivity contribution is 5.99. The molecule has 2 amide bonds. The maximum atomic E-state index is 12.7. The molecule has 2 aromatic carbocycles. The largest absolute Gasteiger partial charge is 0.494 e. The first-order valence-corrected chi connectivity index (χ1v) is 10.2. The van der Waals surface area contributed by atoms with Gasteiger partial charge in [0.2, 0.25) is 0 Å². The van der Waals surface area contributed by atoms with E-state index in [-0.39, 0.29) is 11.8 Å². The van der Waals surface area contributed by atoms with Crippen molar-refractivity contribution in [2.24, 2.45) is 0 Å². The number of anilines is 1. The summed E-state index contributed by atoms with van der Waals surface area (Å²) in [5, 5.41) is 5.83. The molecular formula is C23H29N3O4. The molecule has 0 aliphatic carbocycles. The summed E-state index contributed by atoms with van der Waals surface area (Å²) in [5.74, 6) is 0.341. The fourth-order valence-corrected chi connectivity index (χ4v) is 3.27. The monoisotopic (exact) mass is 411 g/mol. The first kappa shape index (κ1) is 21.8. The Bertz CT molecular complexity index is 900. The lowest BCUT2D eigenvalue weighted by atomic mass is 10.1. The summed E-state index contributed by atoms with van der Waals surface area (Å²) >= 11 is 0. The third-order valence-electron chi connectivity index (χ3n) is 5.03. The fraction of sp³-hybridized carbons (Fsp3) is 0.391. The molecule has 1 aliphatic rings.